The number of rotatable bonds is 2. The van der Waals surface area contributed by atoms with E-state index in [4.69, 9.17) is 14.9 Å². The lowest BCUT2D eigenvalue weighted by molar-refractivity contribution is 0.407. The number of H-pyrrole nitrogens is 2. The number of ether oxygens (including phenoxy) is 1. The highest BCUT2D eigenvalue weighted by atomic mass is 16.5. The van der Waals surface area contributed by atoms with Gasteiger partial charge in [-0.2, -0.15) is 9.97 Å². The molecule has 0 amide bonds. The van der Waals surface area contributed by atoms with Crippen LogP contribution in [0.3, 0.4) is 0 Å². The summed E-state index contributed by atoms with van der Waals surface area (Å²) in [5.41, 5.74) is 0. The zero-order valence-corrected chi connectivity index (χ0v) is 6.35. The third-order valence-electron chi connectivity index (χ3n) is 1.29. The molecule has 7 nitrogen and oxygen atoms in total. The summed E-state index contributed by atoms with van der Waals surface area (Å²) in [4.78, 5) is 11.9. The molecule has 0 aliphatic heterocycles. The average molecular weight is 182 g/mol. The summed E-state index contributed by atoms with van der Waals surface area (Å²) in [5, 5.41) is 17.6. The van der Waals surface area contributed by atoms with E-state index in [1.165, 1.54) is 12.4 Å². The molecule has 7 heteroatoms. The van der Waals surface area contributed by atoms with Crippen molar-refractivity contribution in [3.63, 3.8) is 0 Å². The fourth-order valence-electron chi connectivity index (χ4n) is 0.802. The van der Waals surface area contributed by atoms with Crippen LogP contribution < -0.4 is 4.74 Å². The van der Waals surface area contributed by atoms with Gasteiger partial charge in [-0.3, -0.25) is 0 Å². The van der Waals surface area contributed by atoms with Gasteiger partial charge in [0, 0.05) is 0 Å². The molecule has 13 heavy (non-hydrogen) atoms. The second-order valence-electron chi connectivity index (χ2n) is 2.23. The monoisotopic (exact) mass is 182 g/mol. The first-order valence-corrected chi connectivity index (χ1v) is 3.40. The number of hydrogen-bond donors (Lipinski definition) is 4. The fourth-order valence-corrected chi connectivity index (χ4v) is 0.802. The van der Waals surface area contributed by atoms with Crippen LogP contribution in [0.4, 0.5) is 0 Å². The van der Waals surface area contributed by atoms with Crippen molar-refractivity contribution in [2.45, 2.75) is 0 Å². The number of nitrogens with zero attached hydrogens (tertiary/aromatic N) is 2. The fraction of sp³-hybridized carbons (Fsp3) is 0. The molecule has 0 atom stereocenters. The molecule has 0 aromatic carbocycles. The third kappa shape index (κ3) is 1.53. The Morgan fingerprint density at radius 3 is 1.77 bits per heavy atom. The minimum absolute atomic E-state index is 0.170. The van der Waals surface area contributed by atoms with Crippen molar-refractivity contribution in [2.75, 3.05) is 0 Å². The van der Waals surface area contributed by atoms with Gasteiger partial charge in [0.2, 0.25) is 11.8 Å². The van der Waals surface area contributed by atoms with E-state index >= 15 is 0 Å². The average Bonchev–Trinajstić information content (AvgIpc) is 2.62. The Balaban J connectivity index is 2.14. The second kappa shape index (κ2) is 2.70. The van der Waals surface area contributed by atoms with Crippen LogP contribution in [0.5, 0.6) is 23.8 Å². The van der Waals surface area contributed by atoms with Gasteiger partial charge < -0.3 is 24.9 Å². The molecule has 0 saturated carbocycles. The maximum absolute atomic E-state index is 8.81. The number of nitrogens with one attached hydrogen (secondary N) is 2. The van der Waals surface area contributed by atoms with E-state index in [1.807, 2.05) is 0 Å². The van der Waals surface area contributed by atoms with E-state index in [1.54, 1.807) is 0 Å². The Morgan fingerprint density at radius 2 is 1.46 bits per heavy atom. The zero-order valence-electron chi connectivity index (χ0n) is 6.35. The quantitative estimate of drug-likeness (QED) is 0.535. The molecular formula is C6H6N4O3. The van der Waals surface area contributed by atoms with Crippen molar-refractivity contribution in [3.05, 3.63) is 12.4 Å². The van der Waals surface area contributed by atoms with Gasteiger partial charge in [-0.15, -0.1) is 0 Å². The van der Waals surface area contributed by atoms with Gasteiger partial charge in [-0.05, 0) is 0 Å². The molecule has 2 heterocycles. The normalized spacial score (nSPS) is 10.2. The molecule has 0 saturated heterocycles. The van der Waals surface area contributed by atoms with Gasteiger partial charge in [0.25, 0.3) is 12.0 Å². The highest BCUT2D eigenvalue weighted by molar-refractivity contribution is 5.19. The summed E-state index contributed by atoms with van der Waals surface area (Å²) in [6.07, 6.45) is 2.72. The van der Waals surface area contributed by atoms with Gasteiger partial charge in [-0.25, -0.2) is 0 Å². The first-order chi connectivity index (χ1) is 6.24. The van der Waals surface area contributed by atoms with Gasteiger partial charge >= 0.3 is 0 Å². The van der Waals surface area contributed by atoms with Crippen LogP contribution >= 0.6 is 0 Å². The minimum atomic E-state index is -0.241. The van der Waals surface area contributed by atoms with Crippen LogP contribution in [0.15, 0.2) is 12.4 Å². The largest absolute Gasteiger partial charge is 0.480 e. The van der Waals surface area contributed by atoms with Gasteiger partial charge in [-0.1, -0.05) is 0 Å². The smallest absolute Gasteiger partial charge is 0.294 e. The Hall–Kier alpha value is -2.18. The van der Waals surface area contributed by atoms with Gasteiger partial charge in [0.15, 0.2) is 0 Å². The van der Waals surface area contributed by atoms with Crippen LogP contribution in [0.25, 0.3) is 0 Å². The molecule has 2 aromatic heterocycles. The number of aromatic amines is 2. The molecule has 0 aliphatic rings. The zero-order chi connectivity index (χ0) is 9.26. The van der Waals surface area contributed by atoms with E-state index < -0.39 is 0 Å². The Bertz CT molecular complexity index is 369. The van der Waals surface area contributed by atoms with E-state index in [9.17, 15) is 0 Å². The van der Waals surface area contributed by atoms with Crippen molar-refractivity contribution >= 4 is 0 Å². The minimum Gasteiger partial charge on any atom is -0.480 e. The van der Waals surface area contributed by atoms with Crippen molar-refractivity contribution in [3.8, 4) is 23.8 Å². The molecule has 2 rings (SSSR count). The Labute approximate surface area is 72.0 Å². The Morgan fingerprint density at radius 1 is 1.00 bits per heavy atom. The standard InChI is InChI=1S/C6H6N4O3/c11-5-7-1-3(9-5)13-4-2-8-6(12)10-4/h1-2H,(H2,7,9,11)(H2,8,10,12). The number of aromatic hydroxyl groups is 2. The summed E-state index contributed by atoms with van der Waals surface area (Å²) in [5.74, 6) is 0.341. The summed E-state index contributed by atoms with van der Waals surface area (Å²) >= 11 is 0. The number of aromatic nitrogens is 4. The lowest BCUT2D eigenvalue weighted by atomic mass is 10.8. The highest BCUT2D eigenvalue weighted by Crippen LogP contribution is 2.19. The van der Waals surface area contributed by atoms with Gasteiger partial charge in [0.1, 0.15) is 0 Å². The maximum atomic E-state index is 8.81. The molecule has 0 unspecified atom stereocenters. The topological polar surface area (TPSA) is 107 Å². The summed E-state index contributed by atoms with van der Waals surface area (Å²) in [7, 11) is 0. The van der Waals surface area contributed by atoms with E-state index in [0.717, 1.165) is 0 Å². The molecule has 0 aliphatic carbocycles. The number of hydrogen-bond acceptors (Lipinski definition) is 5. The van der Waals surface area contributed by atoms with E-state index in [2.05, 4.69) is 19.9 Å². The molecule has 0 spiro atoms. The van der Waals surface area contributed by atoms with E-state index in [0.29, 0.717) is 0 Å². The van der Waals surface area contributed by atoms with Crippen LogP contribution in [0.2, 0.25) is 0 Å². The summed E-state index contributed by atoms with van der Waals surface area (Å²) < 4.78 is 5.02. The first kappa shape index (κ1) is 7.47. The first-order valence-electron chi connectivity index (χ1n) is 3.40. The molecule has 68 valence electrons. The molecule has 4 N–H and O–H groups in total. The molecule has 2 aromatic rings. The van der Waals surface area contributed by atoms with Crippen molar-refractivity contribution < 1.29 is 14.9 Å². The predicted octanol–water partition coefficient (Wildman–Crippen LogP) is 0.336. The van der Waals surface area contributed by atoms with Crippen molar-refractivity contribution in [1.29, 1.82) is 0 Å². The summed E-state index contributed by atoms with van der Waals surface area (Å²) in [6, 6.07) is -0.482. The SMILES string of the molecule is Oc1nc(Oc2c[nH]c(O)n2)c[nH]1. The lowest BCUT2D eigenvalue weighted by Gasteiger charge is -1.92. The molecule has 0 fully saturated rings. The highest BCUT2D eigenvalue weighted by Gasteiger charge is 2.04. The van der Waals surface area contributed by atoms with Crippen LogP contribution in [0, 0.1) is 0 Å². The van der Waals surface area contributed by atoms with Crippen LogP contribution in [-0.2, 0) is 0 Å². The predicted molar refractivity (Wildman–Crippen MR) is 40.6 cm³/mol. The Kier molecular flexibility index (Phi) is 1.55. The lowest BCUT2D eigenvalue weighted by Crippen LogP contribution is -1.82. The van der Waals surface area contributed by atoms with Crippen molar-refractivity contribution in [2.24, 2.45) is 0 Å². The van der Waals surface area contributed by atoms with Crippen molar-refractivity contribution in [1.82, 2.24) is 19.9 Å². The molecule has 0 radical (unpaired) electrons. The number of imidazole rings is 2. The van der Waals surface area contributed by atoms with Gasteiger partial charge in [0.05, 0.1) is 12.4 Å². The molecular weight excluding hydrogens is 176 g/mol. The second-order valence-corrected chi connectivity index (χ2v) is 2.23. The van der Waals surface area contributed by atoms with Crippen LogP contribution in [0.1, 0.15) is 0 Å². The maximum Gasteiger partial charge on any atom is 0.294 e. The third-order valence-corrected chi connectivity index (χ3v) is 1.29. The molecule has 0 bridgehead atoms. The van der Waals surface area contributed by atoms with E-state index in [-0.39, 0.29) is 23.8 Å². The summed E-state index contributed by atoms with van der Waals surface area (Å²) in [6.45, 7) is 0. The van der Waals surface area contributed by atoms with Crippen LogP contribution in [-0.4, -0.2) is 30.1 Å².